The van der Waals surface area contributed by atoms with E-state index in [0.29, 0.717) is 56.8 Å². The first-order chi connectivity index (χ1) is 19.0. The molecule has 8 heteroatoms. The van der Waals surface area contributed by atoms with Crippen molar-refractivity contribution in [2.24, 2.45) is 5.92 Å². The van der Waals surface area contributed by atoms with Gasteiger partial charge in [-0.2, -0.15) is 0 Å². The number of carbonyl (C=O) groups is 1. The monoisotopic (exact) mass is 536 g/mol. The number of benzene rings is 3. The molecule has 8 nitrogen and oxygen atoms in total. The molecule has 0 heterocycles. The molecule has 1 unspecified atom stereocenters. The third-order valence-electron chi connectivity index (χ3n) is 5.57. The highest BCUT2D eigenvalue weighted by molar-refractivity contribution is 5.70. The molecule has 0 saturated heterocycles. The lowest BCUT2D eigenvalue weighted by Crippen LogP contribution is -2.40. The number of para-hydroxylation sites is 1. The van der Waals surface area contributed by atoms with E-state index in [0.717, 1.165) is 17.9 Å². The Morgan fingerprint density at radius 2 is 1.46 bits per heavy atom. The summed E-state index contributed by atoms with van der Waals surface area (Å²) in [7, 11) is 0. The Morgan fingerprint density at radius 3 is 2.13 bits per heavy atom. The molecule has 1 atom stereocenters. The third kappa shape index (κ3) is 12.2. The van der Waals surface area contributed by atoms with Crippen molar-refractivity contribution in [2.45, 2.75) is 26.5 Å². The fourth-order valence-corrected chi connectivity index (χ4v) is 3.60. The Kier molecular flexibility index (Phi) is 13.1. The van der Waals surface area contributed by atoms with E-state index in [1.54, 1.807) is 17.0 Å². The highest BCUT2D eigenvalue weighted by Gasteiger charge is 2.16. The molecule has 3 aromatic carbocycles. The van der Waals surface area contributed by atoms with Gasteiger partial charge in [-0.15, -0.1) is 0 Å². The summed E-state index contributed by atoms with van der Waals surface area (Å²) in [4.78, 5) is 14.5. The van der Waals surface area contributed by atoms with Gasteiger partial charge < -0.3 is 34.3 Å². The number of aliphatic hydroxyl groups is 1. The van der Waals surface area contributed by atoms with Gasteiger partial charge in [0.2, 0.25) is 0 Å². The van der Waals surface area contributed by atoms with Crippen molar-refractivity contribution >= 4 is 6.09 Å². The quantitative estimate of drug-likeness (QED) is 0.240. The molecule has 0 aliphatic heterocycles. The first-order valence-electron chi connectivity index (χ1n) is 13.4. The van der Waals surface area contributed by atoms with Crippen LogP contribution in [0.3, 0.4) is 0 Å². The fraction of sp³-hybridized carbons (Fsp3) is 0.387. The standard InChI is InChI=1S/C31H40N2O6/c1-25(2)23-36-19-20-37-28-13-15-29(16-14-28)38-24-27(34)21-32-17-18-33(22-26-9-5-3-6-10-26)31(35)39-30-11-7-4-8-12-30/h3-16,25,27,32,34H,17-24H2,1-2H3. The van der Waals surface area contributed by atoms with E-state index in [9.17, 15) is 9.90 Å². The summed E-state index contributed by atoms with van der Waals surface area (Å²) >= 11 is 0. The van der Waals surface area contributed by atoms with Crippen molar-refractivity contribution in [2.75, 3.05) is 46.1 Å². The summed E-state index contributed by atoms with van der Waals surface area (Å²) in [5, 5.41) is 13.5. The molecule has 0 fully saturated rings. The van der Waals surface area contributed by atoms with Crippen LogP contribution in [-0.2, 0) is 11.3 Å². The molecule has 39 heavy (non-hydrogen) atoms. The van der Waals surface area contributed by atoms with Crippen molar-refractivity contribution in [3.8, 4) is 17.2 Å². The Morgan fingerprint density at radius 1 is 0.821 bits per heavy atom. The van der Waals surface area contributed by atoms with E-state index < -0.39 is 12.2 Å². The molecule has 1 amide bonds. The first kappa shape index (κ1) is 30.0. The molecule has 3 aromatic rings. The lowest BCUT2D eigenvalue weighted by molar-refractivity contribution is 0.0818. The van der Waals surface area contributed by atoms with Crippen molar-refractivity contribution in [3.05, 3.63) is 90.5 Å². The minimum Gasteiger partial charge on any atom is -0.491 e. The van der Waals surface area contributed by atoms with Crippen molar-refractivity contribution < 1.29 is 28.8 Å². The Hall–Kier alpha value is -3.59. The highest BCUT2D eigenvalue weighted by atomic mass is 16.6. The molecule has 0 radical (unpaired) electrons. The number of nitrogens with one attached hydrogen (secondary N) is 1. The second-order valence-electron chi connectivity index (χ2n) is 9.55. The molecular weight excluding hydrogens is 496 g/mol. The van der Waals surface area contributed by atoms with E-state index in [1.807, 2.05) is 72.8 Å². The zero-order valence-electron chi connectivity index (χ0n) is 22.8. The molecule has 0 bridgehead atoms. The van der Waals surface area contributed by atoms with Gasteiger partial charge in [-0.05, 0) is 47.9 Å². The Bertz CT molecular complexity index is 1060. The molecule has 0 spiro atoms. The van der Waals surface area contributed by atoms with E-state index in [2.05, 4.69) is 19.2 Å². The molecule has 0 aromatic heterocycles. The topological polar surface area (TPSA) is 89.5 Å². The number of nitrogens with zero attached hydrogens (tertiary/aromatic N) is 1. The molecule has 0 aliphatic carbocycles. The smallest absolute Gasteiger partial charge is 0.415 e. The van der Waals surface area contributed by atoms with Gasteiger partial charge in [0.25, 0.3) is 0 Å². The van der Waals surface area contributed by atoms with Crippen LogP contribution in [0.4, 0.5) is 4.79 Å². The largest absolute Gasteiger partial charge is 0.491 e. The predicted octanol–water partition coefficient (Wildman–Crippen LogP) is 4.77. The van der Waals surface area contributed by atoms with Crippen LogP contribution in [0, 0.1) is 5.92 Å². The van der Waals surface area contributed by atoms with Gasteiger partial charge in [0.1, 0.15) is 36.6 Å². The van der Waals surface area contributed by atoms with Crippen LogP contribution < -0.4 is 19.5 Å². The zero-order valence-corrected chi connectivity index (χ0v) is 22.8. The molecule has 210 valence electrons. The fourth-order valence-electron chi connectivity index (χ4n) is 3.60. The molecule has 0 aliphatic rings. The first-order valence-corrected chi connectivity index (χ1v) is 13.4. The SMILES string of the molecule is CC(C)COCCOc1ccc(OCC(O)CNCCN(Cc2ccccc2)C(=O)Oc2ccccc2)cc1. The van der Waals surface area contributed by atoms with Gasteiger partial charge in [-0.3, -0.25) is 0 Å². The van der Waals surface area contributed by atoms with Gasteiger partial charge in [0.15, 0.2) is 0 Å². The number of ether oxygens (including phenoxy) is 4. The molecular formula is C31H40N2O6. The van der Waals surface area contributed by atoms with Crippen molar-refractivity contribution in [1.82, 2.24) is 10.2 Å². The van der Waals surface area contributed by atoms with Crippen LogP contribution >= 0.6 is 0 Å². The lowest BCUT2D eigenvalue weighted by Gasteiger charge is -2.23. The second kappa shape index (κ2) is 17.1. The number of amides is 1. The van der Waals surface area contributed by atoms with Gasteiger partial charge in [-0.25, -0.2) is 4.79 Å². The van der Waals surface area contributed by atoms with Crippen LogP contribution in [0.15, 0.2) is 84.9 Å². The molecule has 3 rings (SSSR count). The highest BCUT2D eigenvalue weighted by Crippen LogP contribution is 2.18. The van der Waals surface area contributed by atoms with Crippen LogP contribution in [0.2, 0.25) is 0 Å². The van der Waals surface area contributed by atoms with Gasteiger partial charge in [0.05, 0.1) is 6.61 Å². The van der Waals surface area contributed by atoms with Crippen molar-refractivity contribution in [1.29, 1.82) is 0 Å². The van der Waals surface area contributed by atoms with E-state index in [-0.39, 0.29) is 6.61 Å². The number of aliphatic hydroxyl groups excluding tert-OH is 1. The minimum absolute atomic E-state index is 0.139. The molecule has 2 N–H and O–H groups in total. The maximum absolute atomic E-state index is 12.8. The normalized spacial score (nSPS) is 11.7. The summed E-state index contributed by atoms with van der Waals surface area (Å²) in [5.74, 6) is 2.39. The predicted molar refractivity (Wildman–Crippen MR) is 151 cm³/mol. The van der Waals surface area contributed by atoms with Crippen LogP contribution in [0.5, 0.6) is 17.2 Å². The average molecular weight is 537 g/mol. The average Bonchev–Trinajstić information content (AvgIpc) is 2.95. The van der Waals surface area contributed by atoms with E-state index in [1.165, 1.54) is 0 Å². The van der Waals surface area contributed by atoms with Crippen LogP contribution in [-0.4, -0.2) is 68.3 Å². The van der Waals surface area contributed by atoms with Crippen LogP contribution in [0.1, 0.15) is 19.4 Å². The van der Waals surface area contributed by atoms with Gasteiger partial charge in [0, 0.05) is 32.8 Å². The van der Waals surface area contributed by atoms with E-state index >= 15 is 0 Å². The number of hydrogen-bond donors (Lipinski definition) is 2. The zero-order chi connectivity index (χ0) is 27.7. The summed E-state index contributed by atoms with van der Waals surface area (Å²) < 4.78 is 22.4. The second-order valence-corrected chi connectivity index (χ2v) is 9.55. The summed E-state index contributed by atoms with van der Waals surface area (Å²) in [6.45, 7) is 7.77. The van der Waals surface area contributed by atoms with Gasteiger partial charge >= 0.3 is 6.09 Å². The summed E-state index contributed by atoms with van der Waals surface area (Å²) in [5.41, 5.74) is 1.01. The maximum Gasteiger partial charge on any atom is 0.415 e. The van der Waals surface area contributed by atoms with Crippen LogP contribution in [0.25, 0.3) is 0 Å². The number of hydrogen-bond acceptors (Lipinski definition) is 7. The Labute approximate surface area is 231 Å². The lowest BCUT2D eigenvalue weighted by atomic mass is 10.2. The van der Waals surface area contributed by atoms with Crippen molar-refractivity contribution in [3.63, 3.8) is 0 Å². The number of carbonyl (C=O) groups excluding carboxylic acids is 1. The maximum atomic E-state index is 12.8. The summed E-state index contributed by atoms with van der Waals surface area (Å²) in [6, 6.07) is 26.1. The minimum atomic E-state index is -0.710. The number of rotatable bonds is 17. The summed E-state index contributed by atoms with van der Waals surface area (Å²) in [6.07, 6.45) is -1.14. The Balaban J connectivity index is 1.36. The van der Waals surface area contributed by atoms with Gasteiger partial charge in [-0.1, -0.05) is 62.4 Å². The molecule has 0 saturated carbocycles. The third-order valence-corrected chi connectivity index (χ3v) is 5.57. The van der Waals surface area contributed by atoms with E-state index in [4.69, 9.17) is 18.9 Å².